The Bertz CT molecular complexity index is 940. The van der Waals surface area contributed by atoms with Gasteiger partial charge in [0.1, 0.15) is 10.6 Å². The van der Waals surface area contributed by atoms with E-state index in [1.54, 1.807) is 41.6 Å². The molecule has 1 aliphatic heterocycles. The molecule has 0 atom stereocenters. The van der Waals surface area contributed by atoms with Gasteiger partial charge >= 0.3 is 0 Å². The van der Waals surface area contributed by atoms with Crippen LogP contribution in [0.3, 0.4) is 0 Å². The molecule has 2 heterocycles. The van der Waals surface area contributed by atoms with Crippen molar-refractivity contribution in [3.8, 4) is 5.75 Å². The third-order valence-corrected chi connectivity index (χ3v) is 6.74. The highest BCUT2D eigenvalue weighted by Gasteiger charge is 2.26. The molecule has 7 nitrogen and oxygen atoms in total. The molecule has 1 saturated heterocycles. The van der Waals surface area contributed by atoms with Gasteiger partial charge in [-0.3, -0.25) is 9.78 Å². The number of likely N-dealkylation sites (tertiary alicyclic amines) is 1. The first-order valence-electron chi connectivity index (χ1n) is 9.80. The van der Waals surface area contributed by atoms with Gasteiger partial charge in [-0.2, -0.15) is 0 Å². The van der Waals surface area contributed by atoms with Crippen LogP contribution in [0.2, 0.25) is 0 Å². The molecule has 0 aliphatic carbocycles. The van der Waals surface area contributed by atoms with Crippen LogP contribution in [0.25, 0.3) is 0 Å². The molecule has 1 fully saturated rings. The van der Waals surface area contributed by atoms with Crippen LogP contribution in [0.5, 0.6) is 5.75 Å². The lowest BCUT2D eigenvalue weighted by atomic mass is 9.97. The van der Waals surface area contributed by atoms with Crippen LogP contribution in [0.15, 0.2) is 47.6 Å². The summed E-state index contributed by atoms with van der Waals surface area (Å²) in [5.41, 5.74) is 1.52. The third-order valence-electron chi connectivity index (χ3n) is 5.30. The number of benzene rings is 1. The van der Waals surface area contributed by atoms with E-state index in [9.17, 15) is 13.2 Å². The van der Waals surface area contributed by atoms with Crippen molar-refractivity contribution in [2.75, 3.05) is 26.7 Å². The Labute approximate surface area is 172 Å². The highest BCUT2D eigenvalue weighted by atomic mass is 32.2. The first-order chi connectivity index (χ1) is 13.9. The summed E-state index contributed by atoms with van der Waals surface area (Å²) in [7, 11) is -2.20. The third kappa shape index (κ3) is 5.13. The van der Waals surface area contributed by atoms with Gasteiger partial charge in [0.15, 0.2) is 0 Å². The number of hydrogen-bond acceptors (Lipinski definition) is 5. The smallest absolute Gasteiger partial charge is 0.255 e. The standard InChI is InChI=1S/C21H27N3O4S/c1-3-16-6-7-19(28-2)20(13-16)29(26,27)23-14-17-8-11-24(12-9-17)21(25)18-5-4-10-22-15-18/h4-7,10,13,15,17,23H,3,8-9,11-12,14H2,1-2H3. The number of sulfonamides is 1. The molecule has 156 valence electrons. The lowest BCUT2D eigenvalue weighted by Crippen LogP contribution is -2.41. The monoisotopic (exact) mass is 417 g/mol. The van der Waals surface area contributed by atoms with Crippen molar-refractivity contribution < 1.29 is 17.9 Å². The van der Waals surface area contributed by atoms with E-state index in [4.69, 9.17) is 4.74 Å². The molecule has 0 saturated carbocycles. The van der Waals surface area contributed by atoms with Crippen LogP contribution in [0, 0.1) is 5.92 Å². The number of carbonyl (C=O) groups excluding carboxylic acids is 1. The van der Waals surface area contributed by atoms with Gasteiger partial charge < -0.3 is 9.64 Å². The Morgan fingerprint density at radius 1 is 1.28 bits per heavy atom. The number of aryl methyl sites for hydroxylation is 1. The summed E-state index contributed by atoms with van der Waals surface area (Å²) in [5, 5.41) is 0. The van der Waals surface area contributed by atoms with Gasteiger partial charge in [-0.1, -0.05) is 13.0 Å². The van der Waals surface area contributed by atoms with Gasteiger partial charge in [0, 0.05) is 32.0 Å². The first kappa shape index (κ1) is 21.3. The highest BCUT2D eigenvalue weighted by Crippen LogP contribution is 2.26. The SMILES string of the molecule is CCc1ccc(OC)c(S(=O)(=O)NCC2CCN(C(=O)c3cccnc3)CC2)c1. The van der Waals surface area contributed by atoms with E-state index >= 15 is 0 Å². The molecular weight excluding hydrogens is 390 g/mol. The molecule has 0 bridgehead atoms. The van der Waals surface area contributed by atoms with Crippen LogP contribution >= 0.6 is 0 Å². The Hall–Kier alpha value is -2.45. The quantitative estimate of drug-likeness (QED) is 0.748. The topological polar surface area (TPSA) is 88.6 Å². The Balaban J connectivity index is 1.58. The predicted molar refractivity (Wildman–Crippen MR) is 110 cm³/mol. The van der Waals surface area contributed by atoms with E-state index in [1.807, 2.05) is 13.0 Å². The number of amides is 1. The zero-order chi connectivity index (χ0) is 20.9. The number of ether oxygens (including phenoxy) is 1. The van der Waals surface area contributed by atoms with Crippen LogP contribution in [0.4, 0.5) is 0 Å². The van der Waals surface area contributed by atoms with Crippen LogP contribution in [-0.4, -0.2) is 51.0 Å². The van der Waals surface area contributed by atoms with E-state index in [2.05, 4.69) is 9.71 Å². The van der Waals surface area contributed by atoms with Gasteiger partial charge in [-0.15, -0.1) is 0 Å². The van der Waals surface area contributed by atoms with E-state index in [1.165, 1.54) is 7.11 Å². The van der Waals surface area contributed by atoms with Crippen LogP contribution < -0.4 is 9.46 Å². The molecule has 1 amide bonds. The van der Waals surface area contributed by atoms with Gasteiger partial charge in [0.05, 0.1) is 12.7 Å². The fourth-order valence-electron chi connectivity index (χ4n) is 3.47. The predicted octanol–water partition coefficient (Wildman–Crippen LogP) is 2.48. The summed E-state index contributed by atoms with van der Waals surface area (Å²) in [6, 6.07) is 8.73. The molecule has 1 aromatic carbocycles. The number of rotatable bonds is 7. The lowest BCUT2D eigenvalue weighted by Gasteiger charge is -2.32. The first-order valence-corrected chi connectivity index (χ1v) is 11.3. The average molecular weight is 418 g/mol. The Kier molecular flexibility index (Phi) is 6.87. The van der Waals surface area contributed by atoms with Crippen LogP contribution in [0.1, 0.15) is 35.7 Å². The maximum absolute atomic E-state index is 12.8. The van der Waals surface area contributed by atoms with E-state index in [0.717, 1.165) is 24.8 Å². The molecule has 0 spiro atoms. The van der Waals surface area contributed by atoms with E-state index in [0.29, 0.717) is 30.9 Å². The van der Waals surface area contributed by atoms with Crippen molar-refractivity contribution in [1.29, 1.82) is 0 Å². The largest absolute Gasteiger partial charge is 0.495 e. The van der Waals surface area contributed by atoms with Gasteiger partial charge in [-0.05, 0) is 55.0 Å². The minimum absolute atomic E-state index is 0.0294. The molecule has 1 aliphatic rings. The Morgan fingerprint density at radius 2 is 2.03 bits per heavy atom. The zero-order valence-corrected chi connectivity index (χ0v) is 17.6. The minimum atomic E-state index is -3.67. The van der Waals surface area contributed by atoms with Crippen molar-refractivity contribution in [3.63, 3.8) is 0 Å². The average Bonchev–Trinajstić information content (AvgIpc) is 2.77. The summed E-state index contributed by atoms with van der Waals surface area (Å²) in [5.74, 6) is 0.493. The maximum atomic E-state index is 12.8. The highest BCUT2D eigenvalue weighted by molar-refractivity contribution is 7.89. The molecule has 8 heteroatoms. The van der Waals surface area contributed by atoms with Crippen molar-refractivity contribution in [1.82, 2.24) is 14.6 Å². The molecule has 0 radical (unpaired) electrons. The second-order valence-corrected chi connectivity index (χ2v) is 8.90. The van der Waals surface area contributed by atoms with Gasteiger partial charge in [0.25, 0.3) is 5.91 Å². The molecular formula is C21H27N3O4S. The molecule has 0 unspecified atom stereocenters. The summed E-state index contributed by atoms with van der Waals surface area (Å²) in [6.45, 7) is 3.53. The van der Waals surface area contributed by atoms with Gasteiger partial charge in [0.2, 0.25) is 10.0 Å². The minimum Gasteiger partial charge on any atom is -0.495 e. The van der Waals surface area contributed by atoms with Gasteiger partial charge in [-0.25, -0.2) is 13.1 Å². The molecule has 1 aromatic heterocycles. The Morgan fingerprint density at radius 3 is 2.66 bits per heavy atom. The lowest BCUT2D eigenvalue weighted by molar-refractivity contribution is 0.0691. The second-order valence-electron chi connectivity index (χ2n) is 7.17. The van der Waals surface area contributed by atoms with Crippen molar-refractivity contribution >= 4 is 15.9 Å². The summed E-state index contributed by atoms with van der Waals surface area (Å²) in [4.78, 5) is 18.5. The maximum Gasteiger partial charge on any atom is 0.255 e. The van der Waals surface area contributed by atoms with E-state index < -0.39 is 10.0 Å². The normalized spacial score (nSPS) is 15.3. The summed E-state index contributed by atoms with van der Waals surface area (Å²) < 4.78 is 33.6. The number of aromatic nitrogens is 1. The fraction of sp³-hybridized carbons (Fsp3) is 0.429. The number of hydrogen-bond donors (Lipinski definition) is 1. The fourth-order valence-corrected chi connectivity index (χ4v) is 4.80. The molecule has 29 heavy (non-hydrogen) atoms. The zero-order valence-electron chi connectivity index (χ0n) is 16.8. The number of nitrogens with zero attached hydrogens (tertiary/aromatic N) is 2. The number of piperidine rings is 1. The van der Waals surface area contributed by atoms with E-state index in [-0.39, 0.29) is 16.7 Å². The number of nitrogens with one attached hydrogen (secondary N) is 1. The summed E-state index contributed by atoms with van der Waals surface area (Å²) >= 11 is 0. The van der Waals surface area contributed by atoms with Crippen LogP contribution in [-0.2, 0) is 16.4 Å². The summed E-state index contributed by atoms with van der Waals surface area (Å²) in [6.07, 6.45) is 5.46. The van der Waals surface area contributed by atoms with Crippen molar-refractivity contribution in [2.45, 2.75) is 31.1 Å². The molecule has 3 rings (SSSR count). The number of pyridine rings is 1. The van der Waals surface area contributed by atoms with Crippen molar-refractivity contribution in [3.05, 3.63) is 53.9 Å². The number of carbonyl (C=O) groups is 1. The number of methoxy groups -OCH3 is 1. The molecule has 2 aromatic rings. The van der Waals surface area contributed by atoms with Crippen molar-refractivity contribution in [2.24, 2.45) is 5.92 Å². The second kappa shape index (κ2) is 9.37. The molecule has 1 N–H and O–H groups in total.